The third-order valence-corrected chi connectivity index (χ3v) is 4.18. The first-order chi connectivity index (χ1) is 11.5. The molecule has 0 heterocycles. The van der Waals surface area contributed by atoms with Crippen LogP contribution in [-0.4, -0.2) is 5.97 Å². The van der Waals surface area contributed by atoms with Gasteiger partial charge in [-0.25, -0.2) is 4.79 Å². The van der Waals surface area contributed by atoms with Crippen molar-refractivity contribution in [3.05, 3.63) is 12.2 Å². The Morgan fingerprint density at radius 2 is 1.25 bits per heavy atom. The van der Waals surface area contributed by atoms with E-state index < -0.39 is 16.2 Å². The van der Waals surface area contributed by atoms with Gasteiger partial charge in [0.1, 0.15) is 10.2 Å². The van der Waals surface area contributed by atoms with Crippen LogP contribution in [0.25, 0.3) is 0 Å². The first-order valence-corrected chi connectivity index (χ1v) is 10.5. The zero-order valence-electron chi connectivity index (χ0n) is 15.0. The lowest BCUT2D eigenvalue weighted by Gasteiger charge is -2.10. The zero-order chi connectivity index (χ0) is 18.1. The molecular weight excluding hydrogens is 332 g/mol. The molecule has 6 heteroatoms. The molecule has 0 aliphatic carbocycles. The summed E-state index contributed by atoms with van der Waals surface area (Å²) in [4.78, 5) is 11.0. The second-order valence-electron chi connectivity index (χ2n) is 6.16. The lowest BCUT2D eigenvalue weighted by Crippen LogP contribution is -2.61. The fourth-order valence-corrected chi connectivity index (χ4v) is 2.77. The van der Waals surface area contributed by atoms with Crippen LogP contribution in [0.2, 0.25) is 0 Å². The predicted octanol–water partition coefficient (Wildman–Crippen LogP) is 2.46. The van der Waals surface area contributed by atoms with E-state index in [0.717, 1.165) is 32.1 Å². The van der Waals surface area contributed by atoms with Crippen molar-refractivity contribution >= 4 is 5.97 Å². The number of hydrogen-bond donors (Lipinski definition) is 0. The van der Waals surface area contributed by atoms with Crippen molar-refractivity contribution in [2.75, 3.05) is 0 Å². The van der Waals surface area contributed by atoms with Crippen LogP contribution in [-0.2, 0) is 9.08 Å². The van der Waals surface area contributed by atoms with Gasteiger partial charge in [0.2, 0.25) is 0 Å². The first-order valence-electron chi connectivity index (χ1n) is 9.24. The Morgan fingerprint density at radius 1 is 0.792 bits per heavy atom. The highest BCUT2D eigenvalue weighted by atomic mass is 35.7. The molecule has 0 aliphatic heterocycles. The number of carbonyl (C=O) groups is 1. The summed E-state index contributed by atoms with van der Waals surface area (Å²) in [5, 5.41) is 0. The first kappa shape index (κ1) is 23.4. The average Bonchev–Trinajstić information content (AvgIpc) is 2.49. The quantitative estimate of drug-likeness (QED) is 0.309. The molecule has 0 aliphatic rings. The summed E-state index contributed by atoms with van der Waals surface area (Å²) in [6.07, 6.45) is 19.4. The van der Waals surface area contributed by atoms with Gasteiger partial charge in [0.25, 0.3) is 0 Å². The topological polar surface area (TPSA) is 95.5 Å². The van der Waals surface area contributed by atoms with Gasteiger partial charge in [-0.2, -0.15) is 14.0 Å². The maximum absolute atomic E-state index is 11.0. The highest BCUT2D eigenvalue weighted by molar-refractivity contribution is 5.68. The minimum absolute atomic E-state index is 0.0212. The standard InChI is InChI=1S/C18H33ClO5/c1-2-3-4-5-6-7-8-9-10-11-12-13-14-15-16-17-18(20)24-19(21,22)23/h9-10H,2-8,11-17H2,1H3/b10-9-. The van der Waals surface area contributed by atoms with Gasteiger partial charge >= 0.3 is 5.97 Å². The molecule has 0 unspecified atom stereocenters. The summed E-state index contributed by atoms with van der Waals surface area (Å²) >= 11 is 0. The van der Waals surface area contributed by atoms with E-state index >= 15 is 0 Å². The lowest BCUT2D eigenvalue weighted by atomic mass is 10.1. The van der Waals surface area contributed by atoms with Crippen molar-refractivity contribution < 1.29 is 33.3 Å². The summed E-state index contributed by atoms with van der Waals surface area (Å²) in [6.45, 7) is 2.23. The monoisotopic (exact) mass is 364 g/mol. The molecule has 0 atom stereocenters. The van der Waals surface area contributed by atoms with E-state index in [2.05, 4.69) is 23.4 Å². The largest absolute Gasteiger partial charge is 0.463 e. The van der Waals surface area contributed by atoms with Crippen molar-refractivity contribution in [2.45, 2.75) is 96.8 Å². The molecule has 142 valence electrons. The number of carbonyl (C=O) groups excluding carboxylic acids is 1. The van der Waals surface area contributed by atoms with Gasteiger partial charge in [0.05, 0.1) is 6.42 Å². The second kappa shape index (κ2) is 15.9. The van der Waals surface area contributed by atoms with Crippen LogP contribution in [0.3, 0.4) is 0 Å². The van der Waals surface area contributed by atoms with Crippen LogP contribution in [0, 0.1) is 10.2 Å². The van der Waals surface area contributed by atoms with E-state index in [-0.39, 0.29) is 6.42 Å². The molecule has 0 N–H and O–H groups in total. The fourth-order valence-electron chi connectivity index (χ4n) is 2.48. The van der Waals surface area contributed by atoms with Gasteiger partial charge in [-0.05, 0) is 36.4 Å². The second-order valence-corrected chi connectivity index (χ2v) is 7.07. The smallest absolute Gasteiger partial charge is 0.234 e. The molecule has 0 aromatic carbocycles. The highest BCUT2D eigenvalue weighted by Crippen LogP contribution is 2.10. The molecule has 0 fully saturated rings. The molecule has 0 bridgehead atoms. The van der Waals surface area contributed by atoms with Crippen molar-refractivity contribution in [3.63, 3.8) is 0 Å². The lowest BCUT2D eigenvalue weighted by molar-refractivity contribution is -1.92. The minimum atomic E-state index is -4.63. The number of rotatable bonds is 16. The third-order valence-electron chi connectivity index (χ3n) is 3.82. The molecule has 5 nitrogen and oxygen atoms in total. The zero-order valence-corrected chi connectivity index (χ0v) is 15.7. The predicted molar refractivity (Wildman–Crippen MR) is 85.5 cm³/mol. The molecule has 0 spiro atoms. The van der Waals surface area contributed by atoms with E-state index in [1.165, 1.54) is 44.9 Å². The van der Waals surface area contributed by atoms with Gasteiger partial charge in [0.15, 0.2) is 0 Å². The van der Waals surface area contributed by atoms with Gasteiger partial charge in [-0.3, -0.25) is 0 Å². The van der Waals surface area contributed by atoms with E-state index in [4.69, 9.17) is 0 Å². The van der Waals surface area contributed by atoms with Crippen molar-refractivity contribution in [1.82, 2.24) is 0 Å². The summed E-state index contributed by atoms with van der Waals surface area (Å²) in [7, 11) is -4.63. The maximum Gasteiger partial charge on any atom is 0.463 e. The number of halogens is 1. The van der Waals surface area contributed by atoms with Gasteiger partial charge in [-0.1, -0.05) is 70.4 Å². The Balaban J connectivity index is 3.25. The van der Waals surface area contributed by atoms with Gasteiger partial charge in [0, 0.05) is 0 Å². The van der Waals surface area contributed by atoms with Crippen LogP contribution >= 0.6 is 0 Å². The molecule has 0 aromatic rings. The van der Waals surface area contributed by atoms with Crippen LogP contribution in [0.4, 0.5) is 0 Å². The number of unbranched alkanes of at least 4 members (excludes halogenated alkanes) is 11. The number of hydrogen-bond acceptors (Lipinski definition) is 5. The summed E-state index contributed by atoms with van der Waals surface area (Å²) in [6, 6.07) is 0. The molecule has 0 amide bonds. The van der Waals surface area contributed by atoms with E-state index in [1.54, 1.807) is 0 Å². The maximum atomic E-state index is 11.0. The molecular formula is C18H33ClO5. The third kappa shape index (κ3) is 19.4. The van der Waals surface area contributed by atoms with Crippen LogP contribution < -0.4 is 14.0 Å². The summed E-state index contributed by atoms with van der Waals surface area (Å²) < 4.78 is 34.2. The summed E-state index contributed by atoms with van der Waals surface area (Å²) in [5.41, 5.74) is 0. The SMILES string of the molecule is CCCCCCCC/C=C\CCCCCCCC(=O)O[Cl+3]([O-])([O-])[O-]. The minimum Gasteiger partial charge on any atom is -0.234 e. The average molecular weight is 365 g/mol. The van der Waals surface area contributed by atoms with Gasteiger partial charge < -0.3 is 0 Å². The van der Waals surface area contributed by atoms with Crippen LogP contribution in [0.5, 0.6) is 0 Å². The molecule has 0 saturated carbocycles. The summed E-state index contributed by atoms with van der Waals surface area (Å²) in [5.74, 6) is -0.968. The Kier molecular flexibility index (Phi) is 15.5. The van der Waals surface area contributed by atoms with Crippen LogP contribution in [0.15, 0.2) is 12.2 Å². The Bertz CT molecular complexity index is 326. The Hall–Kier alpha value is -0.620. The molecule has 0 saturated heterocycles. The fraction of sp³-hybridized carbons (Fsp3) is 0.833. The highest BCUT2D eigenvalue weighted by Gasteiger charge is 2.24. The van der Waals surface area contributed by atoms with E-state index in [0.29, 0.717) is 6.42 Å². The van der Waals surface area contributed by atoms with E-state index in [1.807, 2.05) is 0 Å². The van der Waals surface area contributed by atoms with Crippen molar-refractivity contribution in [2.24, 2.45) is 0 Å². The van der Waals surface area contributed by atoms with Crippen molar-refractivity contribution in [1.29, 1.82) is 0 Å². The Morgan fingerprint density at radius 3 is 1.75 bits per heavy atom. The molecule has 24 heavy (non-hydrogen) atoms. The molecule has 0 radical (unpaired) electrons. The number of allylic oxidation sites excluding steroid dienone is 2. The van der Waals surface area contributed by atoms with Gasteiger partial charge in [-0.15, -0.1) is 0 Å². The van der Waals surface area contributed by atoms with E-state index in [9.17, 15) is 18.8 Å². The molecule has 0 rings (SSSR count). The van der Waals surface area contributed by atoms with Crippen LogP contribution in [0.1, 0.15) is 96.8 Å². The normalized spacial score (nSPS) is 12.0. The Labute approximate surface area is 148 Å². The molecule has 0 aromatic heterocycles. The van der Waals surface area contributed by atoms with Crippen molar-refractivity contribution in [3.8, 4) is 0 Å².